The summed E-state index contributed by atoms with van der Waals surface area (Å²) in [5.41, 5.74) is 9.03. The molecule has 0 radical (unpaired) electrons. The lowest BCUT2D eigenvalue weighted by molar-refractivity contribution is -0.155. The van der Waals surface area contributed by atoms with Crippen LogP contribution in [0, 0.1) is 8.98 Å². The number of nitrogens with zero attached hydrogens (tertiary/aromatic N) is 1. The molecule has 0 heterocycles. The van der Waals surface area contributed by atoms with E-state index < -0.39 is 36.2 Å². The molecule has 1 unspecified atom stereocenters. The lowest BCUT2D eigenvalue weighted by Gasteiger charge is -2.30. The van der Waals surface area contributed by atoms with Gasteiger partial charge in [0.05, 0.1) is 6.42 Å². The van der Waals surface area contributed by atoms with Gasteiger partial charge in [-0.15, -0.1) is 0 Å². The highest BCUT2D eigenvalue weighted by molar-refractivity contribution is 14.1. The predicted octanol–water partition coefficient (Wildman–Crippen LogP) is 2.27. The number of hydrogen-bond acceptors (Lipinski definition) is 6. The number of nitrogens with one attached hydrogen (secondary N) is 3. The molecule has 10 nitrogen and oxygen atoms in total. The normalized spacial score (nSPS) is 12.3. The SMILES string of the molecule is CC(Oc1ccccc1)C(=O)CC(=O)N(NCc1cccc(I)c1)[C@@H](CCCNC(=N)N)C(=O)O. The third-order valence-corrected chi connectivity index (χ3v) is 5.68. The molecule has 2 rings (SSSR count). The molecule has 35 heavy (non-hydrogen) atoms. The van der Waals surface area contributed by atoms with E-state index in [1.807, 2.05) is 30.3 Å². The van der Waals surface area contributed by atoms with Gasteiger partial charge in [0.25, 0.3) is 0 Å². The fraction of sp³-hybridized carbons (Fsp3) is 0.333. The Morgan fingerprint density at radius 2 is 1.89 bits per heavy atom. The number of guanidine groups is 1. The third kappa shape index (κ3) is 9.91. The Morgan fingerprint density at radius 1 is 1.17 bits per heavy atom. The molecule has 2 aromatic rings. The molecule has 6 N–H and O–H groups in total. The van der Waals surface area contributed by atoms with Crippen molar-refractivity contribution in [2.75, 3.05) is 6.54 Å². The molecule has 0 fully saturated rings. The Balaban J connectivity index is 2.12. The number of amides is 1. The molecule has 0 saturated carbocycles. The zero-order valence-corrected chi connectivity index (χ0v) is 21.5. The summed E-state index contributed by atoms with van der Waals surface area (Å²) in [7, 11) is 0. The molecule has 0 spiro atoms. The summed E-state index contributed by atoms with van der Waals surface area (Å²) in [5, 5.41) is 20.7. The van der Waals surface area contributed by atoms with Crippen LogP contribution < -0.4 is 21.2 Å². The van der Waals surface area contributed by atoms with Crippen molar-refractivity contribution in [3.63, 3.8) is 0 Å². The summed E-state index contributed by atoms with van der Waals surface area (Å²) < 4.78 is 6.60. The van der Waals surface area contributed by atoms with Crippen LogP contribution in [0.5, 0.6) is 5.75 Å². The first-order valence-corrected chi connectivity index (χ1v) is 12.1. The first-order valence-electron chi connectivity index (χ1n) is 11.0. The smallest absolute Gasteiger partial charge is 0.328 e. The molecule has 2 aromatic carbocycles. The maximum atomic E-state index is 13.1. The number of para-hydroxylation sites is 1. The van der Waals surface area contributed by atoms with Crippen molar-refractivity contribution in [2.24, 2.45) is 5.73 Å². The monoisotopic (exact) mass is 595 g/mol. The minimum Gasteiger partial charge on any atom is -0.483 e. The lowest BCUT2D eigenvalue weighted by atomic mass is 10.1. The van der Waals surface area contributed by atoms with Crippen LogP contribution in [0.1, 0.15) is 31.7 Å². The van der Waals surface area contributed by atoms with Crippen LogP contribution in [0.15, 0.2) is 54.6 Å². The second-order valence-electron chi connectivity index (χ2n) is 7.78. The van der Waals surface area contributed by atoms with Crippen molar-refractivity contribution in [1.82, 2.24) is 15.8 Å². The number of hydrogen-bond donors (Lipinski definition) is 5. The van der Waals surface area contributed by atoms with Gasteiger partial charge in [0.15, 0.2) is 17.8 Å². The number of ketones is 1. The van der Waals surface area contributed by atoms with Gasteiger partial charge in [-0.05, 0) is 72.2 Å². The van der Waals surface area contributed by atoms with Crippen molar-refractivity contribution >= 4 is 46.2 Å². The van der Waals surface area contributed by atoms with Crippen LogP contribution in [-0.4, -0.2) is 52.4 Å². The van der Waals surface area contributed by atoms with Gasteiger partial charge in [-0.25, -0.2) is 10.2 Å². The van der Waals surface area contributed by atoms with E-state index in [4.69, 9.17) is 15.9 Å². The van der Waals surface area contributed by atoms with Gasteiger partial charge >= 0.3 is 5.97 Å². The van der Waals surface area contributed by atoms with Gasteiger partial charge in [-0.1, -0.05) is 30.3 Å². The summed E-state index contributed by atoms with van der Waals surface area (Å²) in [4.78, 5) is 37.9. The number of Topliss-reactive ketones (excluding diaryl/α,β-unsaturated/α-hetero) is 1. The highest BCUT2D eigenvalue weighted by Gasteiger charge is 2.31. The molecular weight excluding hydrogens is 565 g/mol. The maximum Gasteiger partial charge on any atom is 0.328 e. The number of hydrazine groups is 1. The second kappa shape index (κ2) is 14.3. The van der Waals surface area contributed by atoms with Crippen LogP contribution in [0.25, 0.3) is 0 Å². The number of carbonyl (C=O) groups excluding carboxylic acids is 2. The van der Waals surface area contributed by atoms with Crippen LogP contribution in [0.3, 0.4) is 0 Å². The van der Waals surface area contributed by atoms with Gasteiger partial charge in [-0.2, -0.15) is 0 Å². The Kier molecular flexibility index (Phi) is 11.4. The Morgan fingerprint density at radius 3 is 2.51 bits per heavy atom. The van der Waals surface area contributed by atoms with E-state index in [0.29, 0.717) is 12.2 Å². The van der Waals surface area contributed by atoms with E-state index in [9.17, 15) is 19.5 Å². The van der Waals surface area contributed by atoms with E-state index in [2.05, 4.69) is 33.3 Å². The molecule has 0 aromatic heterocycles. The molecule has 0 aliphatic carbocycles. The maximum absolute atomic E-state index is 13.1. The Labute approximate surface area is 217 Å². The molecule has 1 amide bonds. The standard InChI is InChI=1S/C24H30IN5O5/c1-16(35-19-9-3-2-4-10-19)21(31)14-22(32)30(29-15-17-7-5-8-18(25)13-17)20(23(33)34)11-6-12-28-24(26)27/h2-5,7-10,13,16,20,29H,6,11-12,14-15H2,1H3,(H,33,34)(H4,26,27,28)/t16?,20-/m0/s1. The second-order valence-corrected chi connectivity index (χ2v) is 9.03. The summed E-state index contributed by atoms with van der Waals surface area (Å²) in [6, 6.07) is 15.1. The number of benzene rings is 2. The van der Waals surface area contributed by atoms with Crippen molar-refractivity contribution in [3.8, 4) is 5.75 Å². The van der Waals surface area contributed by atoms with Crippen LogP contribution in [-0.2, 0) is 20.9 Å². The van der Waals surface area contributed by atoms with E-state index in [1.54, 1.807) is 31.2 Å². The van der Waals surface area contributed by atoms with E-state index in [-0.39, 0.29) is 25.5 Å². The van der Waals surface area contributed by atoms with E-state index in [1.165, 1.54) is 0 Å². The van der Waals surface area contributed by atoms with Crippen molar-refractivity contribution in [3.05, 3.63) is 63.7 Å². The number of aliphatic carboxylic acids is 1. The highest BCUT2D eigenvalue weighted by Crippen LogP contribution is 2.14. The van der Waals surface area contributed by atoms with Gasteiger partial charge in [0, 0.05) is 16.7 Å². The first kappa shape index (κ1) is 28.1. The molecule has 0 aliphatic rings. The van der Waals surface area contributed by atoms with E-state index in [0.717, 1.165) is 14.1 Å². The van der Waals surface area contributed by atoms with Crippen LogP contribution in [0.4, 0.5) is 0 Å². The predicted molar refractivity (Wildman–Crippen MR) is 140 cm³/mol. The summed E-state index contributed by atoms with van der Waals surface area (Å²) in [6.45, 7) is 2.02. The zero-order chi connectivity index (χ0) is 25.8. The average molecular weight is 595 g/mol. The van der Waals surface area contributed by atoms with Crippen LogP contribution in [0.2, 0.25) is 0 Å². The van der Waals surface area contributed by atoms with Crippen LogP contribution >= 0.6 is 22.6 Å². The third-order valence-electron chi connectivity index (χ3n) is 5.01. The largest absolute Gasteiger partial charge is 0.483 e. The average Bonchev–Trinajstić information content (AvgIpc) is 2.80. The van der Waals surface area contributed by atoms with Gasteiger partial charge in [0.2, 0.25) is 5.91 Å². The molecule has 0 aliphatic heterocycles. The van der Waals surface area contributed by atoms with E-state index >= 15 is 0 Å². The van der Waals surface area contributed by atoms with Gasteiger partial charge in [-0.3, -0.25) is 20.0 Å². The Bertz CT molecular complexity index is 1020. The summed E-state index contributed by atoms with van der Waals surface area (Å²) in [6.07, 6.45) is -0.984. The first-order chi connectivity index (χ1) is 16.7. The molecular formula is C24H30IN5O5. The quantitative estimate of drug-likeness (QED) is 0.0556. The molecule has 188 valence electrons. The lowest BCUT2D eigenvalue weighted by Crippen LogP contribution is -2.53. The summed E-state index contributed by atoms with van der Waals surface area (Å²) >= 11 is 2.16. The fourth-order valence-corrected chi connectivity index (χ4v) is 3.83. The zero-order valence-electron chi connectivity index (χ0n) is 19.4. The van der Waals surface area contributed by atoms with Crippen molar-refractivity contribution in [1.29, 1.82) is 5.41 Å². The molecule has 0 saturated heterocycles. The van der Waals surface area contributed by atoms with Crippen molar-refractivity contribution in [2.45, 2.75) is 44.9 Å². The number of rotatable bonds is 14. The van der Waals surface area contributed by atoms with Gasteiger partial charge < -0.3 is 20.9 Å². The number of carboxylic acid groups (broad SMARTS) is 1. The molecule has 2 atom stereocenters. The molecule has 0 bridgehead atoms. The fourth-order valence-electron chi connectivity index (χ4n) is 3.22. The summed E-state index contributed by atoms with van der Waals surface area (Å²) in [5.74, 6) is -2.08. The minimum absolute atomic E-state index is 0.0882. The number of carboxylic acids is 1. The number of ether oxygens (including phenoxy) is 1. The Hall–Kier alpha value is -3.19. The van der Waals surface area contributed by atoms with Crippen molar-refractivity contribution < 1.29 is 24.2 Å². The topological polar surface area (TPSA) is 158 Å². The number of nitrogens with two attached hydrogens (primary N) is 1. The highest BCUT2D eigenvalue weighted by atomic mass is 127. The number of carbonyl (C=O) groups is 3. The minimum atomic E-state index is -1.22. The van der Waals surface area contributed by atoms with Gasteiger partial charge in [0.1, 0.15) is 11.8 Å². The molecule has 11 heteroatoms. The number of halogens is 1.